The number of halogens is 3. The maximum Gasteiger partial charge on any atom is 0.416 e. The highest BCUT2D eigenvalue weighted by molar-refractivity contribution is 5.90. The van der Waals surface area contributed by atoms with Crippen LogP contribution in [0.15, 0.2) is 53.1 Å². The molecule has 0 unspecified atom stereocenters. The monoisotopic (exact) mass is 420 g/mol. The maximum absolute atomic E-state index is 12.6. The molecule has 1 heterocycles. The topological polar surface area (TPSA) is 73.6 Å². The van der Waals surface area contributed by atoms with Crippen LogP contribution in [0.25, 0.3) is 11.3 Å². The number of aromatic nitrogens is 1. The molecule has 0 spiro atoms. The van der Waals surface area contributed by atoms with Gasteiger partial charge in [-0.05, 0) is 36.4 Å². The van der Waals surface area contributed by atoms with Gasteiger partial charge in [0.05, 0.1) is 31.5 Å². The third-order valence-corrected chi connectivity index (χ3v) is 4.29. The van der Waals surface area contributed by atoms with E-state index < -0.39 is 11.7 Å². The number of nitrogens with one attached hydrogen (secondary N) is 1. The van der Waals surface area contributed by atoms with Crippen LogP contribution in [0.4, 0.5) is 18.9 Å². The predicted octanol–water partition coefficient (Wildman–Crippen LogP) is 4.95. The molecular formula is C21H19F3N2O4. The third kappa shape index (κ3) is 5.11. The number of anilines is 1. The summed E-state index contributed by atoms with van der Waals surface area (Å²) in [6, 6.07) is 9.50. The highest BCUT2D eigenvalue weighted by Gasteiger charge is 2.30. The molecule has 9 heteroatoms. The van der Waals surface area contributed by atoms with Gasteiger partial charge in [-0.15, -0.1) is 0 Å². The first-order valence-electron chi connectivity index (χ1n) is 8.94. The van der Waals surface area contributed by atoms with Crippen molar-refractivity contribution in [1.29, 1.82) is 0 Å². The number of nitrogens with zero attached hydrogens (tertiary/aromatic N) is 1. The minimum absolute atomic E-state index is 0.0563. The lowest BCUT2D eigenvalue weighted by Crippen LogP contribution is -2.13. The fourth-order valence-corrected chi connectivity index (χ4v) is 2.74. The van der Waals surface area contributed by atoms with Gasteiger partial charge in [-0.2, -0.15) is 13.2 Å². The number of methoxy groups -OCH3 is 2. The van der Waals surface area contributed by atoms with Gasteiger partial charge in [-0.25, -0.2) is 4.98 Å². The summed E-state index contributed by atoms with van der Waals surface area (Å²) in [5.41, 5.74) is 0.192. The second-order valence-electron chi connectivity index (χ2n) is 6.31. The van der Waals surface area contributed by atoms with Gasteiger partial charge in [-0.1, -0.05) is 0 Å². The lowest BCUT2D eigenvalue weighted by atomic mass is 10.1. The van der Waals surface area contributed by atoms with Crippen LogP contribution in [-0.4, -0.2) is 25.1 Å². The van der Waals surface area contributed by atoms with E-state index in [-0.39, 0.29) is 24.4 Å². The molecule has 0 radical (unpaired) electrons. The van der Waals surface area contributed by atoms with Crippen LogP contribution in [-0.2, 0) is 17.4 Å². The van der Waals surface area contributed by atoms with Crippen molar-refractivity contribution in [2.75, 3.05) is 19.5 Å². The molecule has 0 bridgehead atoms. The number of carbonyl (C=O) groups excluding carboxylic acids is 1. The zero-order valence-corrected chi connectivity index (χ0v) is 16.2. The third-order valence-electron chi connectivity index (χ3n) is 4.29. The van der Waals surface area contributed by atoms with Gasteiger partial charge >= 0.3 is 6.18 Å². The van der Waals surface area contributed by atoms with E-state index >= 15 is 0 Å². The Bertz CT molecular complexity index is 1010. The maximum atomic E-state index is 12.6. The van der Waals surface area contributed by atoms with Gasteiger partial charge < -0.3 is 19.2 Å². The lowest BCUT2D eigenvalue weighted by molar-refractivity contribution is -0.137. The number of aryl methyl sites for hydroxylation is 1. The van der Waals surface area contributed by atoms with Crippen LogP contribution in [0.1, 0.15) is 17.9 Å². The Balaban J connectivity index is 1.60. The number of hydrogen-bond acceptors (Lipinski definition) is 5. The molecule has 3 aromatic rings. The quantitative estimate of drug-likeness (QED) is 0.586. The first kappa shape index (κ1) is 21.2. The molecule has 0 atom stereocenters. The summed E-state index contributed by atoms with van der Waals surface area (Å²) >= 11 is 0. The molecule has 0 aliphatic heterocycles. The first-order chi connectivity index (χ1) is 14.3. The van der Waals surface area contributed by atoms with Gasteiger partial charge in [0.15, 0.2) is 11.7 Å². The summed E-state index contributed by atoms with van der Waals surface area (Å²) in [5.74, 6) is 1.65. The van der Waals surface area contributed by atoms with Crippen molar-refractivity contribution in [2.45, 2.75) is 19.0 Å². The van der Waals surface area contributed by atoms with Crippen LogP contribution in [0.3, 0.4) is 0 Å². The van der Waals surface area contributed by atoms with Crippen LogP contribution >= 0.6 is 0 Å². The number of amides is 1. The van der Waals surface area contributed by atoms with E-state index in [2.05, 4.69) is 10.3 Å². The average molecular weight is 420 g/mol. The minimum Gasteiger partial charge on any atom is -0.497 e. The van der Waals surface area contributed by atoms with Gasteiger partial charge in [0.2, 0.25) is 5.91 Å². The van der Waals surface area contributed by atoms with E-state index in [1.165, 1.54) is 25.4 Å². The van der Waals surface area contributed by atoms with Gasteiger partial charge in [0, 0.05) is 24.6 Å². The van der Waals surface area contributed by atoms with E-state index in [1.807, 2.05) is 0 Å². The van der Waals surface area contributed by atoms with E-state index in [4.69, 9.17) is 13.9 Å². The van der Waals surface area contributed by atoms with Crippen molar-refractivity contribution in [2.24, 2.45) is 0 Å². The summed E-state index contributed by atoms with van der Waals surface area (Å²) in [6.07, 6.45) is -2.60. The predicted molar refractivity (Wildman–Crippen MR) is 103 cm³/mol. The summed E-state index contributed by atoms with van der Waals surface area (Å²) < 4.78 is 54.0. The zero-order valence-electron chi connectivity index (χ0n) is 16.2. The standard InChI is InChI=1S/C21H19F3N2O4/c1-28-15-7-8-16(17(11-15)29-2)18-12-25-20(30-18)10-9-19(27)26-14-5-3-13(4-6-14)21(22,23)24/h3-8,11-12H,9-10H2,1-2H3,(H,26,27). The minimum atomic E-state index is -4.42. The summed E-state index contributed by atoms with van der Waals surface area (Å²) in [5, 5.41) is 2.55. The molecule has 0 aliphatic rings. The number of hydrogen-bond donors (Lipinski definition) is 1. The Kier molecular flexibility index (Phi) is 6.29. The second kappa shape index (κ2) is 8.89. The van der Waals surface area contributed by atoms with Gasteiger partial charge in [0.25, 0.3) is 0 Å². The highest BCUT2D eigenvalue weighted by Crippen LogP contribution is 2.34. The SMILES string of the molecule is COc1ccc(-c2cnc(CCC(=O)Nc3ccc(C(F)(F)F)cc3)o2)c(OC)c1. The molecule has 0 fully saturated rings. The molecule has 0 aliphatic carbocycles. The Morgan fingerprint density at radius 1 is 1.10 bits per heavy atom. The van der Waals surface area contributed by atoms with Crippen molar-refractivity contribution in [3.05, 3.63) is 60.1 Å². The molecular weight excluding hydrogens is 401 g/mol. The molecule has 2 aromatic carbocycles. The molecule has 158 valence electrons. The smallest absolute Gasteiger partial charge is 0.416 e. The largest absolute Gasteiger partial charge is 0.497 e. The van der Waals surface area contributed by atoms with Crippen molar-refractivity contribution < 1.29 is 31.9 Å². The lowest BCUT2D eigenvalue weighted by Gasteiger charge is -2.08. The first-order valence-corrected chi connectivity index (χ1v) is 8.94. The zero-order chi connectivity index (χ0) is 21.7. The number of rotatable bonds is 7. The van der Waals surface area contributed by atoms with E-state index in [9.17, 15) is 18.0 Å². The molecule has 1 aromatic heterocycles. The Hall–Kier alpha value is -3.49. The molecule has 1 N–H and O–H groups in total. The molecule has 6 nitrogen and oxygen atoms in total. The van der Waals surface area contributed by atoms with E-state index in [1.54, 1.807) is 25.3 Å². The van der Waals surface area contributed by atoms with E-state index in [0.29, 0.717) is 28.7 Å². The Morgan fingerprint density at radius 3 is 2.47 bits per heavy atom. The van der Waals surface area contributed by atoms with Gasteiger partial charge in [0.1, 0.15) is 11.5 Å². The Labute approximate surface area is 170 Å². The fraction of sp³-hybridized carbons (Fsp3) is 0.238. The van der Waals surface area contributed by atoms with Gasteiger partial charge in [-0.3, -0.25) is 4.79 Å². The van der Waals surface area contributed by atoms with Crippen molar-refractivity contribution in [1.82, 2.24) is 4.98 Å². The summed E-state index contributed by atoms with van der Waals surface area (Å²) in [4.78, 5) is 16.2. The second-order valence-corrected chi connectivity index (χ2v) is 6.31. The van der Waals surface area contributed by atoms with Crippen LogP contribution in [0.2, 0.25) is 0 Å². The molecule has 30 heavy (non-hydrogen) atoms. The van der Waals surface area contributed by atoms with Crippen molar-refractivity contribution in [3.8, 4) is 22.8 Å². The Morgan fingerprint density at radius 2 is 1.83 bits per heavy atom. The average Bonchev–Trinajstić information content (AvgIpc) is 3.20. The van der Waals surface area contributed by atoms with Crippen LogP contribution < -0.4 is 14.8 Å². The van der Waals surface area contributed by atoms with Crippen molar-refractivity contribution in [3.63, 3.8) is 0 Å². The van der Waals surface area contributed by atoms with Crippen molar-refractivity contribution >= 4 is 11.6 Å². The number of carbonyl (C=O) groups is 1. The highest BCUT2D eigenvalue weighted by atomic mass is 19.4. The normalized spacial score (nSPS) is 11.2. The van der Waals surface area contributed by atoms with Crippen LogP contribution in [0.5, 0.6) is 11.5 Å². The number of oxazole rings is 1. The number of alkyl halides is 3. The molecule has 1 amide bonds. The van der Waals surface area contributed by atoms with E-state index in [0.717, 1.165) is 12.1 Å². The summed E-state index contributed by atoms with van der Waals surface area (Å²) in [6.45, 7) is 0. The fourth-order valence-electron chi connectivity index (χ4n) is 2.74. The molecule has 0 saturated carbocycles. The number of benzene rings is 2. The van der Waals surface area contributed by atoms with Crippen LogP contribution in [0, 0.1) is 0 Å². The summed E-state index contributed by atoms with van der Waals surface area (Å²) in [7, 11) is 3.08. The number of ether oxygens (including phenoxy) is 2. The molecule has 3 rings (SSSR count). The molecule has 0 saturated heterocycles.